The first-order valence-electron chi connectivity index (χ1n) is 4.65. The summed E-state index contributed by atoms with van der Waals surface area (Å²) in [5.41, 5.74) is 2.75. The average Bonchev–Trinajstić information content (AvgIpc) is 2.48. The van der Waals surface area contributed by atoms with E-state index in [1.807, 2.05) is 12.1 Å². The van der Waals surface area contributed by atoms with E-state index in [2.05, 4.69) is 13.0 Å². The van der Waals surface area contributed by atoms with Crippen LogP contribution in [0, 0.1) is 0 Å². The number of hydrogen-bond acceptors (Lipinski definition) is 1. The molecule has 2 rings (SSSR count). The first kappa shape index (κ1) is 9.10. The van der Waals surface area contributed by atoms with Crippen molar-refractivity contribution in [1.29, 1.82) is 0 Å². The Bertz CT molecular complexity index is 320. The van der Waals surface area contributed by atoms with Gasteiger partial charge in [-0.3, -0.25) is 0 Å². The number of benzene rings is 1. The Labute approximate surface area is 82.3 Å². The summed E-state index contributed by atoms with van der Waals surface area (Å²) >= 11 is -0.831. The van der Waals surface area contributed by atoms with E-state index in [1.165, 1.54) is 17.5 Å². The van der Waals surface area contributed by atoms with E-state index in [0.29, 0.717) is 5.92 Å². The topological polar surface area (TPSA) is 23.1 Å². The van der Waals surface area contributed by atoms with Gasteiger partial charge in [0.15, 0.2) is 4.90 Å². The van der Waals surface area contributed by atoms with Crippen LogP contribution >= 0.6 is 0 Å². The van der Waals surface area contributed by atoms with Crippen LogP contribution < -0.4 is 0 Å². The van der Waals surface area contributed by atoms with Gasteiger partial charge in [0, 0.05) is 5.56 Å². The monoisotopic (exact) mass is 194 g/mol. The van der Waals surface area contributed by atoms with E-state index in [-0.39, 0.29) is 0 Å². The maximum atomic E-state index is 11.5. The Balaban J connectivity index is 2.53. The van der Waals surface area contributed by atoms with Gasteiger partial charge in [0.2, 0.25) is 0 Å². The fourth-order valence-electron chi connectivity index (χ4n) is 2.13. The molecule has 1 aliphatic carbocycles. The predicted octanol–water partition coefficient (Wildman–Crippen LogP) is 2.47. The molecule has 2 atom stereocenters. The lowest BCUT2D eigenvalue weighted by atomic mass is 10.0. The molecule has 0 heterocycles. The molecule has 13 heavy (non-hydrogen) atoms. The highest BCUT2D eigenvalue weighted by atomic mass is 32.2. The lowest BCUT2D eigenvalue weighted by molar-refractivity contribution is 0.598. The van der Waals surface area contributed by atoms with Crippen molar-refractivity contribution in [2.75, 3.05) is 6.26 Å². The summed E-state index contributed by atoms with van der Waals surface area (Å²) in [5.74, 6) is 0.593. The summed E-state index contributed by atoms with van der Waals surface area (Å²) in [5, 5.41) is 0. The van der Waals surface area contributed by atoms with Crippen LogP contribution in [-0.4, -0.2) is 10.8 Å². The van der Waals surface area contributed by atoms with Crippen LogP contribution in [0.25, 0.3) is 0 Å². The van der Waals surface area contributed by atoms with E-state index >= 15 is 0 Å². The highest BCUT2D eigenvalue weighted by Gasteiger charge is 2.25. The van der Waals surface area contributed by atoms with Crippen LogP contribution in [0.5, 0.6) is 0 Å². The normalized spacial score (nSPS) is 22.8. The van der Waals surface area contributed by atoms with E-state index in [0.717, 1.165) is 11.3 Å². The molecule has 0 saturated heterocycles. The average molecular weight is 194 g/mol. The summed E-state index contributed by atoms with van der Waals surface area (Å²) in [7, 11) is 0. The van der Waals surface area contributed by atoms with Crippen molar-refractivity contribution in [3.05, 3.63) is 29.3 Å². The third-order valence-electron chi connectivity index (χ3n) is 2.81. The summed E-state index contributed by atoms with van der Waals surface area (Å²) in [6.45, 7) is 2.22. The van der Waals surface area contributed by atoms with E-state index in [4.69, 9.17) is 0 Å². The Morgan fingerprint density at radius 2 is 2.23 bits per heavy atom. The number of aryl methyl sites for hydroxylation is 1. The fraction of sp³-hybridized carbons (Fsp3) is 0.455. The molecule has 0 bridgehead atoms. The maximum Gasteiger partial charge on any atom is 0.156 e. The summed E-state index contributed by atoms with van der Waals surface area (Å²) in [6, 6.07) is 6.18. The number of hydrogen-bond donors (Lipinski definition) is 0. The van der Waals surface area contributed by atoms with Gasteiger partial charge in [-0.1, -0.05) is 19.1 Å². The van der Waals surface area contributed by atoms with Crippen molar-refractivity contribution in [3.8, 4) is 0 Å². The molecule has 1 aliphatic rings. The first-order valence-corrected chi connectivity index (χ1v) is 6.21. The molecule has 1 aromatic rings. The van der Waals surface area contributed by atoms with Crippen molar-refractivity contribution >= 4 is 11.2 Å². The van der Waals surface area contributed by atoms with Crippen LogP contribution in [0.1, 0.15) is 30.4 Å². The van der Waals surface area contributed by atoms with Gasteiger partial charge in [0.1, 0.15) is 6.26 Å². The van der Waals surface area contributed by atoms with Crippen LogP contribution in [0.2, 0.25) is 0 Å². The molecule has 0 fully saturated rings. The summed E-state index contributed by atoms with van der Waals surface area (Å²) in [4.78, 5) is 1.04. The minimum absolute atomic E-state index is 0.593. The van der Waals surface area contributed by atoms with Gasteiger partial charge in [-0.05, 0) is 41.6 Å². The molecule has 0 N–H and O–H groups in total. The van der Waals surface area contributed by atoms with Crippen molar-refractivity contribution in [2.24, 2.45) is 0 Å². The van der Waals surface area contributed by atoms with Crippen molar-refractivity contribution in [3.63, 3.8) is 0 Å². The number of fused-ring (bicyclic) bond motifs is 1. The lowest BCUT2D eigenvalue weighted by Gasteiger charge is -2.12. The fourth-order valence-corrected chi connectivity index (χ4v) is 3.05. The maximum absolute atomic E-state index is 11.5. The molecule has 0 amide bonds. The molecule has 70 valence electrons. The third kappa shape index (κ3) is 1.49. The van der Waals surface area contributed by atoms with Crippen LogP contribution in [0.15, 0.2) is 23.1 Å². The standard InChI is InChI=1S/C11H14OS/c1-8-6-7-9-4-3-5-10(11(8)9)13(2)12/h3-5,8H,6-7H2,1-2H3. The van der Waals surface area contributed by atoms with E-state index in [1.54, 1.807) is 6.26 Å². The first-order chi connectivity index (χ1) is 6.20. The molecule has 2 unspecified atom stereocenters. The quantitative estimate of drug-likeness (QED) is 0.630. The van der Waals surface area contributed by atoms with Gasteiger partial charge >= 0.3 is 0 Å². The second-order valence-corrected chi connectivity index (χ2v) is 5.07. The van der Waals surface area contributed by atoms with Gasteiger partial charge in [-0.15, -0.1) is 0 Å². The molecule has 1 nitrogen and oxygen atoms in total. The van der Waals surface area contributed by atoms with Gasteiger partial charge in [-0.2, -0.15) is 0 Å². The highest BCUT2D eigenvalue weighted by molar-refractivity contribution is 7.90. The van der Waals surface area contributed by atoms with Gasteiger partial charge in [0.25, 0.3) is 0 Å². The Hall–Kier alpha value is -0.470. The molecule has 0 saturated carbocycles. The van der Waals surface area contributed by atoms with E-state index in [9.17, 15) is 4.55 Å². The van der Waals surface area contributed by atoms with Crippen LogP contribution in [0.4, 0.5) is 0 Å². The molecule has 2 heteroatoms. The zero-order chi connectivity index (χ0) is 9.42. The molecule has 0 aromatic heterocycles. The van der Waals surface area contributed by atoms with Crippen LogP contribution in [-0.2, 0) is 17.6 Å². The minimum Gasteiger partial charge on any atom is -0.612 e. The molecule has 0 spiro atoms. The molecule has 1 aromatic carbocycles. The molecule has 0 aliphatic heterocycles. The minimum atomic E-state index is -0.831. The SMILES string of the molecule is CC1CCc2cccc([S+](C)[O-])c21. The van der Waals surface area contributed by atoms with E-state index < -0.39 is 11.2 Å². The second-order valence-electron chi connectivity index (χ2n) is 3.72. The highest BCUT2D eigenvalue weighted by Crippen LogP contribution is 2.36. The smallest absolute Gasteiger partial charge is 0.156 e. The molecular formula is C11H14OS. The molecular weight excluding hydrogens is 180 g/mol. The summed E-state index contributed by atoms with van der Waals surface area (Å²) < 4.78 is 11.5. The van der Waals surface area contributed by atoms with Gasteiger partial charge < -0.3 is 4.55 Å². The van der Waals surface area contributed by atoms with Crippen molar-refractivity contribution < 1.29 is 4.55 Å². The van der Waals surface area contributed by atoms with Gasteiger partial charge in [0.05, 0.1) is 0 Å². The van der Waals surface area contributed by atoms with Crippen molar-refractivity contribution in [1.82, 2.24) is 0 Å². The zero-order valence-corrected chi connectivity index (χ0v) is 8.86. The second kappa shape index (κ2) is 3.35. The third-order valence-corrected chi connectivity index (χ3v) is 3.78. The zero-order valence-electron chi connectivity index (χ0n) is 8.04. The van der Waals surface area contributed by atoms with Gasteiger partial charge in [-0.25, -0.2) is 0 Å². The largest absolute Gasteiger partial charge is 0.612 e. The summed E-state index contributed by atoms with van der Waals surface area (Å²) in [6.07, 6.45) is 4.13. The van der Waals surface area contributed by atoms with Crippen molar-refractivity contribution in [2.45, 2.75) is 30.6 Å². The lowest BCUT2D eigenvalue weighted by Crippen LogP contribution is -2.03. The predicted molar refractivity (Wildman–Crippen MR) is 55.5 cm³/mol. The Morgan fingerprint density at radius 3 is 2.92 bits per heavy atom. The Kier molecular flexibility index (Phi) is 2.35. The number of rotatable bonds is 1. The molecule has 0 radical (unpaired) electrons. The van der Waals surface area contributed by atoms with Crippen LogP contribution in [0.3, 0.4) is 0 Å². The Morgan fingerprint density at radius 1 is 1.46 bits per heavy atom.